The molecule has 2 nitrogen and oxygen atoms in total. The number of likely N-dealkylation sites (N-methyl/N-ethyl adjacent to an activating group) is 1. The molecule has 0 aromatic carbocycles. The van der Waals surface area contributed by atoms with E-state index in [4.69, 9.17) is 5.73 Å². The van der Waals surface area contributed by atoms with Gasteiger partial charge in [-0.15, -0.1) is 0 Å². The molecular weight excluding hydrogens is 256 g/mol. The third kappa shape index (κ3) is 2.79. The number of fused-ring (bicyclic) bond motifs is 2. The maximum absolute atomic E-state index is 6.33. The maximum atomic E-state index is 6.33. The summed E-state index contributed by atoms with van der Waals surface area (Å²) in [5.41, 5.74) is 7.09. The largest absolute Gasteiger partial charge is 0.329 e. The van der Waals surface area contributed by atoms with Crippen LogP contribution in [-0.4, -0.2) is 30.6 Å². The molecule has 0 amide bonds. The van der Waals surface area contributed by atoms with Crippen LogP contribution in [-0.2, 0) is 0 Å². The molecular formula is C19H36N2. The van der Waals surface area contributed by atoms with Gasteiger partial charge in [0.15, 0.2) is 0 Å². The molecule has 0 saturated heterocycles. The fraction of sp³-hybridized carbons (Fsp3) is 1.00. The molecule has 21 heavy (non-hydrogen) atoms. The highest BCUT2D eigenvalue weighted by atomic mass is 15.2. The van der Waals surface area contributed by atoms with Crippen LogP contribution in [0.2, 0.25) is 0 Å². The Hall–Kier alpha value is -0.0800. The van der Waals surface area contributed by atoms with Crippen LogP contribution in [0.5, 0.6) is 0 Å². The molecule has 3 aliphatic rings. The predicted molar refractivity (Wildman–Crippen MR) is 90.1 cm³/mol. The summed E-state index contributed by atoms with van der Waals surface area (Å²) in [5.74, 6) is 3.77. The number of hydrogen-bond acceptors (Lipinski definition) is 2. The van der Waals surface area contributed by atoms with Gasteiger partial charge in [0.05, 0.1) is 0 Å². The lowest BCUT2D eigenvalue weighted by atomic mass is 9.63. The molecule has 5 atom stereocenters. The Morgan fingerprint density at radius 1 is 1.14 bits per heavy atom. The zero-order valence-electron chi connectivity index (χ0n) is 14.7. The third-order valence-electron chi connectivity index (χ3n) is 7.52. The first kappa shape index (κ1) is 15.8. The molecule has 0 aromatic rings. The highest BCUT2D eigenvalue weighted by molar-refractivity contribution is 5.02. The average molecular weight is 293 g/mol. The molecule has 0 spiro atoms. The van der Waals surface area contributed by atoms with Crippen LogP contribution in [0.15, 0.2) is 0 Å². The Morgan fingerprint density at radius 3 is 2.43 bits per heavy atom. The Labute approximate surface area is 131 Å². The lowest BCUT2D eigenvalue weighted by Crippen LogP contribution is -2.60. The zero-order chi connectivity index (χ0) is 15.3. The molecule has 2 heteroatoms. The van der Waals surface area contributed by atoms with Crippen molar-refractivity contribution in [3.05, 3.63) is 0 Å². The van der Waals surface area contributed by atoms with Crippen LogP contribution in [0.4, 0.5) is 0 Å². The molecule has 3 fully saturated rings. The second-order valence-electron chi connectivity index (χ2n) is 9.39. The molecule has 2 bridgehead atoms. The smallest absolute Gasteiger partial charge is 0.0354 e. The van der Waals surface area contributed by atoms with Crippen LogP contribution >= 0.6 is 0 Å². The summed E-state index contributed by atoms with van der Waals surface area (Å²) in [6.45, 7) is 9.44. The molecule has 3 aliphatic carbocycles. The summed E-state index contributed by atoms with van der Waals surface area (Å²) >= 11 is 0. The highest BCUT2D eigenvalue weighted by Gasteiger charge is 2.47. The summed E-state index contributed by atoms with van der Waals surface area (Å²) in [6.07, 6.45) is 9.97. The highest BCUT2D eigenvalue weighted by Crippen LogP contribution is 2.50. The first-order chi connectivity index (χ1) is 9.86. The molecule has 122 valence electrons. The van der Waals surface area contributed by atoms with Crippen LogP contribution in [0, 0.1) is 29.1 Å². The molecule has 0 heterocycles. The minimum Gasteiger partial charge on any atom is -0.329 e. The molecule has 2 N–H and O–H groups in total. The van der Waals surface area contributed by atoms with Gasteiger partial charge in [0, 0.05) is 18.6 Å². The summed E-state index contributed by atoms with van der Waals surface area (Å²) in [5, 5.41) is 0. The molecule has 0 radical (unpaired) electrons. The van der Waals surface area contributed by atoms with E-state index >= 15 is 0 Å². The number of rotatable bonds is 4. The molecule has 5 unspecified atom stereocenters. The zero-order valence-corrected chi connectivity index (χ0v) is 14.7. The number of nitrogens with two attached hydrogens (primary N) is 1. The molecule has 0 aromatic heterocycles. The first-order valence-corrected chi connectivity index (χ1v) is 9.27. The van der Waals surface area contributed by atoms with Gasteiger partial charge in [0.25, 0.3) is 0 Å². The first-order valence-electron chi connectivity index (χ1n) is 9.27. The van der Waals surface area contributed by atoms with Gasteiger partial charge in [-0.05, 0) is 74.7 Å². The second kappa shape index (κ2) is 5.53. The van der Waals surface area contributed by atoms with Crippen molar-refractivity contribution in [1.29, 1.82) is 0 Å². The van der Waals surface area contributed by atoms with E-state index in [2.05, 4.69) is 32.7 Å². The normalized spacial score (nSPS) is 45.4. The maximum Gasteiger partial charge on any atom is 0.0354 e. The Morgan fingerprint density at radius 2 is 1.90 bits per heavy atom. The Balaban J connectivity index is 1.67. The van der Waals surface area contributed by atoms with Gasteiger partial charge in [-0.1, -0.05) is 27.2 Å². The van der Waals surface area contributed by atoms with Gasteiger partial charge in [-0.2, -0.15) is 0 Å². The SMILES string of the molecule is CC1CC(C)(C)CCC1(CN)N(C)CC1CC2CCC1C2. The van der Waals surface area contributed by atoms with Crippen LogP contribution in [0.25, 0.3) is 0 Å². The van der Waals surface area contributed by atoms with Crippen molar-refractivity contribution < 1.29 is 0 Å². The van der Waals surface area contributed by atoms with E-state index in [1.165, 1.54) is 51.5 Å². The van der Waals surface area contributed by atoms with Gasteiger partial charge >= 0.3 is 0 Å². The second-order valence-corrected chi connectivity index (χ2v) is 9.39. The fourth-order valence-corrected chi connectivity index (χ4v) is 6.08. The van der Waals surface area contributed by atoms with E-state index in [1.807, 2.05) is 0 Å². The lowest BCUT2D eigenvalue weighted by molar-refractivity contribution is -0.0185. The fourth-order valence-electron chi connectivity index (χ4n) is 6.08. The van der Waals surface area contributed by atoms with Crippen LogP contribution < -0.4 is 5.73 Å². The standard InChI is InChI=1S/C19H36N2/c1-14-11-18(2,3)7-8-19(14,13-20)21(4)12-17-10-15-5-6-16(17)9-15/h14-17H,5-13,20H2,1-4H3. The minimum absolute atomic E-state index is 0.261. The van der Waals surface area contributed by atoms with E-state index in [0.717, 1.165) is 30.2 Å². The molecule has 3 saturated carbocycles. The van der Waals surface area contributed by atoms with Crippen molar-refractivity contribution in [2.45, 2.75) is 71.3 Å². The Bertz CT molecular complexity index is 378. The average Bonchev–Trinajstić information content (AvgIpc) is 3.00. The van der Waals surface area contributed by atoms with Crippen LogP contribution in [0.1, 0.15) is 65.7 Å². The van der Waals surface area contributed by atoms with Crippen LogP contribution in [0.3, 0.4) is 0 Å². The number of nitrogens with zero attached hydrogens (tertiary/aromatic N) is 1. The van der Waals surface area contributed by atoms with Crippen molar-refractivity contribution in [3.8, 4) is 0 Å². The topological polar surface area (TPSA) is 29.3 Å². The minimum atomic E-state index is 0.261. The Kier molecular flexibility index (Phi) is 4.16. The monoisotopic (exact) mass is 292 g/mol. The number of hydrogen-bond donors (Lipinski definition) is 1. The summed E-state index contributed by atoms with van der Waals surface area (Å²) < 4.78 is 0. The molecule has 0 aliphatic heterocycles. The lowest BCUT2D eigenvalue weighted by Gasteiger charge is -2.53. The van der Waals surface area contributed by atoms with E-state index in [0.29, 0.717) is 5.41 Å². The van der Waals surface area contributed by atoms with Crippen molar-refractivity contribution in [1.82, 2.24) is 4.90 Å². The van der Waals surface area contributed by atoms with Gasteiger partial charge in [-0.25, -0.2) is 0 Å². The van der Waals surface area contributed by atoms with E-state index < -0.39 is 0 Å². The van der Waals surface area contributed by atoms with E-state index in [1.54, 1.807) is 0 Å². The summed E-state index contributed by atoms with van der Waals surface area (Å²) in [7, 11) is 2.37. The van der Waals surface area contributed by atoms with Gasteiger partial charge < -0.3 is 5.73 Å². The quantitative estimate of drug-likeness (QED) is 0.851. The van der Waals surface area contributed by atoms with Gasteiger partial charge in [0.2, 0.25) is 0 Å². The van der Waals surface area contributed by atoms with Crippen molar-refractivity contribution in [2.24, 2.45) is 34.8 Å². The van der Waals surface area contributed by atoms with Gasteiger partial charge in [-0.3, -0.25) is 4.90 Å². The predicted octanol–water partition coefficient (Wildman–Crippen LogP) is 3.90. The van der Waals surface area contributed by atoms with Crippen molar-refractivity contribution >= 4 is 0 Å². The van der Waals surface area contributed by atoms with E-state index in [9.17, 15) is 0 Å². The third-order valence-corrected chi connectivity index (χ3v) is 7.52. The van der Waals surface area contributed by atoms with Crippen molar-refractivity contribution in [2.75, 3.05) is 20.1 Å². The summed E-state index contributed by atoms with van der Waals surface area (Å²) in [6, 6.07) is 0. The van der Waals surface area contributed by atoms with Gasteiger partial charge in [0.1, 0.15) is 0 Å². The van der Waals surface area contributed by atoms with E-state index in [-0.39, 0.29) is 5.54 Å². The molecule has 3 rings (SSSR count). The summed E-state index contributed by atoms with van der Waals surface area (Å²) in [4.78, 5) is 2.69. The van der Waals surface area contributed by atoms with Crippen molar-refractivity contribution in [3.63, 3.8) is 0 Å².